The largest absolute Gasteiger partial charge is 0.399 e. The number of nitrogens with zero attached hydrogens (tertiary/aromatic N) is 1. The van der Waals surface area contributed by atoms with Crippen LogP contribution in [0.4, 0.5) is 5.69 Å². The van der Waals surface area contributed by atoms with Crippen LogP contribution in [0.5, 0.6) is 0 Å². The van der Waals surface area contributed by atoms with Gasteiger partial charge in [0.2, 0.25) is 0 Å². The number of hydrogen-bond donors (Lipinski definition) is 2. The average molecular weight is 259 g/mol. The van der Waals surface area contributed by atoms with Crippen LogP contribution in [0.15, 0.2) is 28.8 Å². The molecule has 0 unspecified atom stereocenters. The van der Waals surface area contributed by atoms with Gasteiger partial charge in [-0.3, -0.25) is 4.79 Å². The zero-order valence-corrected chi connectivity index (χ0v) is 11.1. The Morgan fingerprint density at radius 1 is 1.42 bits per heavy atom. The van der Waals surface area contributed by atoms with E-state index in [0.29, 0.717) is 24.2 Å². The molecule has 2 rings (SSSR count). The van der Waals surface area contributed by atoms with Crippen molar-refractivity contribution in [1.82, 2.24) is 10.5 Å². The molecule has 0 spiro atoms. The predicted octanol–water partition coefficient (Wildman–Crippen LogP) is 1.85. The van der Waals surface area contributed by atoms with Gasteiger partial charge in [-0.15, -0.1) is 0 Å². The molecular weight excluding hydrogens is 242 g/mol. The van der Waals surface area contributed by atoms with Crippen LogP contribution in [0, 0.1) is 13.8 Å². The Kier molecular flexibility index (Phi) is 3.85. The molecule has 1 amide bonds. The first-order chi connectivity index (χ1) is 9.08. The first-order valence-corrected chi connectivity index (χ1v) is 6.13. The van der Waals surface area contributed by atoms with Gasteiger partial charge in [-0.1, -0.05) is 11.2 Å². The quantitative estimate of drug-likeness (QED) is 0.821. The fourth-order valence-corrected chi connectivity index (χ4v) is 1.94. The van der Waals surface area contributed by atoms with Crippen molar-refractivity contribution in [2.45, 2.75) is 20.3 Å². The van der Waals surface area contributed by atoms with Crippen molar-refractivity contribution in [3.05, 3.63) is 46.8 Å². The maximum absolute atomic E-state index is 11.9. The van der Waals surface area contributed by atoms with E-state index in [1.165, 1.54) is 0 Å². The van der Waals surface area contributed by atoms with E-state index >= 15 is 0 Å². The molecule has 0 aliphatic heterocycles. The summed E-state index contributed by atoms with van der Waals surface area (Å²) in [6, 6.07) is 6.91. The molecule has 1 heterocycles. The maximum atomic E-state index is 11.9. The highest BCUT2D eigenvalue weighted by atomic mass is 16.5. The van der Waals surface area contributed by atoms with E-state index in [1.807, 2.05) is 13.8 Å². The number of rotatable bonds is 4. The average Bonchev–Trinajstić information content (AvgIpc) is 2.70. The van der Waals surface area contributed by atoms with Crippen molar-refractivity contribution in [3.63, 3.8) is 0 Å². The third kappa shape index (κ3) is 3.13. The molecule has 0 atom stereocenters. The van der Waals surface area contributed by atoms with Crippen LogP contribution in [0.25, 0.3) is 0 Å². The number of benzene rings is 1. The normalized spacial score (nSPS) is 10.4. The summed E-state index contributed by atoms with van der Waals surface area (Å²) in [6.45, 7) is 4.30. The van der Waals surface area contributed by atoms with Crippen molar-refractivity contribution in [1.29, 1.82) is 0 Å². The molecule has 0 aliphatic rings. The molecule has 2 aromatic rings. The second-order valence-corrected chi connectivity index (χ2v) is 4.43. The van der Waals surface area contributed by atoms with Gasteiger partial charge in [-0.25, -0.2) is 0 Å². The second-order valence-electron chi connectivity index (χ2n) is 4.43. The fraction of sp³-hybridized carbons (Fsp3) is 0.286. The van der Waals surface area contributed by atoms with Gasteiger partial charge in [0, 0.05) is 23.4 Å². The topological polar surface area (TPSA) is 81.2 Å². The number of carbonyl (C=O) groups excluding carboxylic acids is 1. The van der Waals surface area contributed by atoms with Crippen molar-refractivity contribution in [2.24, 2.45) is 0 Å². The number of hydrogen-bond acceptors (Lipinski definition) is 4. The lowest BCUT2D eigenvalue weighted by Gasteiger charge is -2.05. The van der Waals surface area contributed by atoms with Crippen molar-refractivity contribution in [2.75, 3.05) is 12.3 Å². The van der Waals surface area contributed by atoms with Gasteiger partial charge < -0.3 is 15.6 Å². The second kappa shape index (κ2) is 5.56. The van der Waals surface area contributed by atoms with Gasteiger partial charge >= 0.3 is 0 Å². The van der Waals surface area contributed by atoms with E-state index < -0.39 is 0 Å². The highest BCUT2D eigenvalue weighted by molar-refractivity contribution is 5.94. The Morgan fingerprint density at radius 2 is 2.21 bits per heavy atom. The summed E-state index contributed by atoms with van der Waals surface area (Å²) >= 11 is 0. The summed E-state index contributed by atoms with van der Waals surface area (Å²) in [5.74, 6) is 0.676. The number of aryl methyl sites for hydroxylation is 2. The Bertz CT molecular complexity index is 571. The molecule has 0 saturated carbocycles. The van der Waals surface area contributed by atoms with Crippen molar-refractivity contribution >= 4 is 11.6 Å². The van der Waals surface area contributed by atoms with E-state index in [1.54, 1.807) is 24.3 Å². The highest BCUT2D eigenvalue weighted by Gasteiger charge is 2.10. The van der Waals surface area contributed by atoms with E-state index in [4.69, 9.17) is 10.3 Å². The molecule has 3 N–H and O–H groups in total. The van der Waals surface area contributed by atoms with E-state index in [-0.39, 0.29) is 5.91 Å². The summed E-state index contributed by atoms with van der Waals surface area (Å²) in [6.07, 6.45) is 0.704. The number of nitrogen functional groups attached to an aromatic ring is 1. The molecular formula is C14H17N3O2. The molecule has 19 heavy (non-hydrogen) atoms. The van der Waals surface area contributed by atoms with Gasteiger partial charge in [0.05, 0.1) is 5.69 Å². The monoisotopic (exact) mass is 259 g/mol. The SMILES string of the molecule is Cc1noc(C)c1CCNC(=O)c1cccc(N)c1. The summed E-state index contributed by atoms with van der Waals surface area (Å²) < 4.78 is 5.07. The minimum Gasteiger partial charge on any atom is -0.399 e. The van der Waals surface area contributed by atoms with Crippen LogP contribution in [0.1, 0.15) is 27.4 Å². The number of amides is 1. The van der Waals surface area contributed by atoms with E-state index in [0.717, 1.165) is 17.0 Å². The van der Waals surface area contributed by atoms with Crippen LogP contribution in [0.3, 0.4) is 0 Å². The summed E-state index contributed by atoms with van der Waals surface area (Å²) in [7, 11) is 0. The molecule has 1 aromatic carbocycles. The third-order valence-corrected chi connectivity index (χ3v) is 2.99. The van der Waals surface area contributed by atoms with Crippen LogP contribution >= 0.6 is 0 Å². The van der Waals surface area contributed by atoms with Gasteiger partial charge in [0.15, 0.2) is 0 Å². The standard InChI is InChI=1S/C14H17N3O2/c1-9-13(10(2)19-17-9)6-7-16-14(18)11-4-3-5-12(15)8-11/h3-5,8H,6-7,15H2,1-2H3,(H,16,18). The first kappa shape index (κ1) is 13.1. The van der Waals surface area contributed by atoms with Gasteiger partial charge in [0.25, 0.3) is 5.91 Å². The zero-order valence-electron chi connectivity index (χ0n) is 11.1. The van der Waals surface area contributed by atoms with Gasteiger partial charge in [-0.05, 0) is 38.5 Å². The van der Waals surface area contributed by atoms with Gasteiger partial charge in [-0.2, -0.15) is 0 Å². The smallest absolute Gasteiger partial charge is 0.251 e. The minimum absolute atomic E-state index is 0.126. The lowest BCUT2D eigenvalue weighted by molar-refractivity contribution is 0.0954. The van der Waals surface area contributed by atoms with E-state index in [9.17, 15) is 4.79 Å². The third-order valence-electron chi connectivity index (χ3n) is 2.99. The molecule has 0 saturated heterocycles. The molecule has 0 bridgehead atoms. The Balaban J connectivity index is 1.91. The summed E-state index contributed by atoms with van der Waals surface area (Å²) in [5.41, 5.74) is 8.71. The van der Waals surface area contributed by atoms with Crippen molar-refractivity contribution < 1.29 is 9.32 Å². The Morgan fingerprint density at radius 3 is 2.84 bits per heavy atom. The summed E-state index contributed by atoms with van der Waals surface area (Å²) in [4.78, 5) is 11.9. The Hall–Kier alpha value is -2.30. The number of aromatic nitrogens is 1. The zero-order chi connectivity index (χ0) is 13.8. The molecule has 5 nitrogen and oxygen atoms in total. The van der Waals surface area contributed by atoms with Gasteiger partial charge in [0.1, 0.15) is 5.76 Å². The Labute approximate surface area is 111 Å². The van der Waals surface area contributed by atoms with Crippen LogP contribution < -0.4 is 11.1 Å². The number of anilines is 1. The highest BCUT2D eigenvalue weighted by Crippen LogP contribution is 2.12. The molecule has 100 valence electrons. The number of nitrogens with two attached hydrogens (primary N) is 1. The minimum atomic E-state index is -0.126. The molecule has 0 fully saturated rings. The number of nitrogens with one attached hydrogen (secondary N) is 1. The van der Waals surface area contributed by atoms with Crippen molar-refractivity contribution in [3.8, 4) is 0 Å². The summed E-state index contributed by atoms with van der Waals surface area (Å²) in [5, 5.41) is 6.73. The first-order valence-electron chi connectivity index (χ1n) is 6.13. The molecule has 0 aliphatic carbocycles. The molecule has 1 aromatic heterocycles. The lowest BCUT2D eigenvalue weighted by Crippen LogP contribution is -2.25. The van der Waals surface area contributed by atoms with Crippen LogP contribution in [-0.2, 0) is 6.42 Å². The maximum Gasteiger partial charge on any atom is 0.251 e. The van der Waals surface area contributed by atoms with E-state index in [2.05, 4.69) is 10.5 Å². The number of carbonyl (C=O) groups is 1. The molecule has 5 heteroatoms. The predicted molar refractivity (Wildman–Crippen MR) is 72.9 cm³/mol. The fourth-order valence-electron chi connectivity index (χ4n) is 1.94. The van der Waals surface area contributed by atoms with Crippen LogP contribution in [0.2, 0.25) is 0 Å². The molecule has 0 radical (unpaired) electrons. The lowest BCUT2D eigenvalue weighted by atomic mass is 10.1. The van der Waals surface area contributed by atoms with Crippen LogP contribution in [-0.4, -0.2) is 17.6 Å².